The Labute approximate surface area is 188 Å². The molecule has 0 bridgehead atoms. The Morgan fingerprint density at radius 1 is 1.30 bits per heavy atom. The number of nitrogens with zero attached hydrogens (tertiary/aromatic N) is 7. The van der Waals surface area contributed by atoms with E-state index < -0.39 is 5.82 Å². The molecule has 0 unspecified atom stereocenters. The average molecular weight is 444 g/mol. The summed E-state index contributed by atoms with van der Waals surface area (Å²) in [4.78, 5) is 26.6. The molecule has 1 amide bonds. The lowest BCUT2D eigenvalue weighted by Crippen LogP contribution is -2.32. The number of amides is 1. The number of aryl methyl sites for hydroxylation is 1. The first kappa shape index (κ1) is 20.6. The molecule has 1 fully saturated rings. The third-order valence-electron chi connectivity index (χ3n) is 6.00. The predicted molar refractivity (Wildman–Crippen MR) is 121 cm³/mol. The SMILES string of the molecule is C=CC(=O)N1C[C@@H](n2nc(C#Cc3cc4ncn(C)c4cc3F)c3c(N)ncnc32)C[C@@H]1C. The highest BCUT2D eigenvalue weighted by Gasteiger charge is 2.34. The lowest BCUT2D eigenvalue weighted by Gasteiger charge is -2.19. The first-order chi connectivity index (χ1) is 15.9. The molecule has 5 rings (SSSR count). The monoisotopic (exact) mass is 444 g/mol. The number of benzene rings is 1. The largest absolute Gasteiger partial charge is 0.383 e. The van der Waals surface area contributed by atoms with Gasteiger partial charge < -0.3 is 15.2 Å². The third kappa shape index (κ3) is 3.38. The molecule has 2 atom stereocenters. The van der Waals surface area contributed by atoms with E-state index in [0.29, 0.717) is 40.7 Å². The number of halogens is 1. The minimum atomic E-state index is -0.449. The van der Waals surface area contributed by atoms with Crippen molar-refractivity contribution in [2.24, 2.45) is 7.05 Å². The predicted octanol–water partition coefficient (Wildman–Crippen LogP) is 2.18. The molecule has 4 aromatic rings. The molecular formula is C23H21FN8O. The van der Waals surface area contributed by atoms with E-state index in [-0.39, 0.29) is 29.4 Å². The van der Waals surface area contributed by atoms with E-state index in [9.17, 15) is 9.18 Å². The molecule has 3 aromatic heterocycles. The molecule has 10 heteroatoms. The second kappa shape index (κ2) is 7.70. The van der Waals surface area contributed by atoms with Crippen LogP contribution in [0.4, 0.5) is 10.2 Å². The number of aromatic nitrogens is 6. The van der Waals surface area contributed by atoms with E-state index in [1.807, 2.05) is 6.92 Å². The van der Waals surface area contributed by atoms with E-state index in [1.54, 1.807) is 33.6 Å². The van der Waals surface area contributed by atoms with Crippen LogP contribution in [-0.4, -0.2) is 52.7 Å². The minimum absolute atomic E-state index is 0.0210. The summed E-state index contributed by atoms with van der Waals surface area (Å²) >= 11 is 0. The number of carbonyl (C=O) groups is 1. The maximum absolute atomic E-state index is 14.7. The quantitative estimate of drug-likeness (QED) is 0.375. The van der Waals surface area contributed by atoms with E-state index in [4.69, 9.17) is 5.73 Å². The Bertz CT molecular complexity index is 1490. The van der Waals surface area contributed by atoms with Gasteiger partial charge in [-0.15, -0.1) is 0 Å². The molecule has 1 aliphatic heterocycles. The summed E-state index contributed by atoms with van der Waals surface area (Å²) in [5.74, 6) is 5.46. The Morgan fingerprint density at radius 2 is 2.12 bits per heavy atom. The fourth-order valence-electron chi connectivity index (χ4n) is 4.31. The van der Waals surface area contributed by atoms with Gasteiger partial charge in [0.1, 0.15) is 23.7 Å². The van der Waals surface area contributed by atoms with Crippen LogP contribution in [0.5, 0.6) is 0 Å². The van der Waals surface area contributed by atoms with Gasteiger partial charge in [0.15, 0.2) is 5.65 Å². The number of anilines is 1. The highest BCUT2D eigenvalue weighted by molar-refractivity contribution is 5.91. The van der Waals surface area contributed by atoms with Crippen molar-refractivity contribution in [2.75, 3.05) is 12.3 Å². The number of nitrogen functional groups attached to an aromatic ring is 1. The fraction of sp³-hybridized carbons (Fsp3) is 0.261. The molecule has 4 heterocycles. The van der Waals surface area contributed by atoms with Crippen molar-refractivity contribution in [3.63, 3.8) is 0 Å². The summed E-state index contributed by atoms with van der Waals surface area (Å²) in [7, 11) is 1.80. The van der Waals surface area contributed by atoms with Crippen LogP contribution >= 0.6 is 0 Å². The van der Waals surface area contributed by atoms with Gasteiger partial charge in [-0.1, -0.05) is 12.5 Å². The van der Waals surface area contributed by atoms with Crippen molar-refractivity contribution in [3.05, 3.63) is 54.5 Å². The molecule has 9 nitrogen and oxygen atoms in total. The standard InChI is InChI=1S/C23H21FN8O/c1-4-20(33)31-10-15(7-13(31)2)32-23-21(22(25)26-11-27-23)17(29-32)6-5-14-8-18-19(9-16(14)24)30(3)12-28-18/h4,8-9,11-13,15H,1,7,10H2,2-3H3,(H2,25,26,27)/t13-,15-/m0/s1. The van der Waals surface area contributed by atoms with Crippen molar-refractivity contribution in [1.29, 1.82) is 0 Å². The molecule has 1 aliphatic rings. The maximum atomic E-state index is 14.7. The number of rotatable bonds is 2. The first-order valence-electron chi connectivity index (χ1n) is 10.4. The molecular weight excluding hydrogens is 423 g/mol. The number of hydrogen-bond donors (Lipinski definition) is 1. The number of imidazole rings is 1. The van der Waals surface area contributed by atoms with Crippen molar-refractivity contribution in [3.8, 4) is 11.8 Å². The summed E-state index contributed by atoms with van der Waals surface area (Å²) in [5, 5.41) is 5.16. The lowest BCUT2D eigenvalue weighted by atomic mass is 10.1. The highest BCUT2D eigenvalue weighted by Crippen LogP contribution is 2.31. The number of hydrogen-bond acceptors (Lipinski definition) is 6. The number of carbonyl (C=O) groups excluding carboxylic acids is 1. The van der Waals surface area contributed by atoms with E-state index in [0.717, 1.165) is 0 Å². The number of likely N-dealkylation sites (tertiary alicyclic amines) is 1. The molecule has 1 aromatic carbocycles. The number of nitrogens with two attached hydrogens (primary N) is 1. The average Bonchev–Trinajstić information content (AvgIpc) is 3.47. The van der Waals surface area contributed by atoms with Gasteiger partial charge in [0, 0.05) is 25.7 Å². The molecule has 0 spiro atoms. The fourth-order valence-corrected chi connectivity index (χ4v) is 4.31. The van der Waals surface area contributed by atoms with E-state index in [1.165, 1.54) is 18.5 Å². The van der Waals surface area contributed by atoms with Crippen molar-refractivity contribution in [2.45, 2.75) is 25.4 Å². The Morgan fingerprint density at radius 3 is 2.91 bits per heavy atom. The van der Waals surface area contributed by atoms with Gasteiger partial charge in [0.05, 0.1) is 34.4 Å². The second-order valence-corrected chi connectivity index (χ2v) is 8.11. The zero-order valence-corrected chi connectivity index (χ0v) is 18.2. The topological polar surface area (TPSA) is 108 Å². The Hall–Kier alpha value is -4.26. The summed E-state index contributed by atoms with van der Waals surface area (Å²) in [6.45, 7) is 6.02. The van der Waals surface area contributed by atoms with Gasteiger partial charge in [-0.3, -0.25) is 4.79 Å². The lowest BCUT2D eigenvalue weighted by molar-refractivity contribution is -0.126. The van der Waals surface area contributed by atoms with Crippen molar-refractivity contribution in [1.82, 2.24) is 34.2 Å². The zero-order chi connectivity index (χ0) is 23.3. The van der Waals surface area contributed by atoms with Gasteiger partial charge in [0.2, 0.25) is 5.91 Å². The van der Waals surface area contributed by atoms with Crippen LogP contribution in [-0.2, 0) is 11.8 Å². The molecule has 1 saturated heterocycles. The molecule has 2 N–H and O–H groups in total. The van der Waals surface area contributed by atoms with Crippen LogP contribution in [0.1, 0.15) is 30.6 Å². The van der Waals surface area contributed by atoms with Gasteiger partial charge in [-0.25, -0.2) is 24.0 Å². The summed E-state index contributed by atoms with van der Waals surface area (Å²) < 4.78 is 18.1. The molecule has 0 aliphatic carbocycles. The highest BCUT2D eigenvalue weighted by atomic mass is 19.1. The van der Waals surface area contributed by atoms with Crippen LogP contribution < -0.4 is 5.73 Å². The van der Waals surface area contributed by atoms with E-state index >= 15 is 0 Å². The van der Waals surface area contributed by atoms with E-state index in [2.05, 4.69) is 38.5 Å². The Kier molecular flexibility index (Phi) is 4.82. The minimum Gasteiger partial charge on any atom is -0.383 e. The molecule has 166 valence electrons. The van der Waals surface area contributed by atoms with Gasteiger partial charge >= 0.3 is 0 Å². The normalized spacial score (nSPS) is 18.0. The van der Waals surface area contributed by atoms with Gasteiger partial charge in [-0.2, -0.15) is 5.10 Å². The van der Waals surface area contributed by atoms with Crippen LogP contribution in [0.25, 0.3) is 22.1 Å². The molecule has 0 saturated carbocycles. The molecule has 33 heavy (non-hydrogen) atoms. The van der Waals surface area contributed by atoms with Crippen LogP contribution in [0.3, 0.4) is 0 Å². The summed E-state index contributed by atoms with van der Waals surface area (Å²) in [6, 6.07) is 2.92. The smallest absolute Gasteiger partial charge is 0.246 e. The molecule has 0 radical (unpaired) electrons. The summed E-state index contributed by atoms with van der Waals surface area (Å²) in [6.07, 6.45) is 4.99. The van der Waals surface area contributed by atoms with Crippen molar-refractivity contribution >= 4 is 33.8 Å². The first-order valence-corrected chi connectivity index (χ1v) is 10.4. The Balaban J connectivity index is 1.58. The second-order valence-electron chi connectivity index (χ2n) is 8.11. The zero-order valence-electron chi connectivity index (χ0n) is 18.2. The number of fused-ring (bicyclic) bond motifs is 2. The van der Waals surface area contributed by atoms with Crippen LogP contribution in [0.15, 0.2) is 37.4 Å². The van der Waals surface area contributed by atoms with Gasteiger partial charge in [-0.05, 0) is 31.4 Å². The summed E-state index contributed by atoms with van der Waals surface area (Å²) in [5.41, 5.74) is 8.54. The van der Waals surface area contributed by atoms with Gasteiger partial charge in [0.25, 0.3) is 0 Å². The third-order valence-corrected chi connectivity index (χ3v) is 6.00. The van der Waals surface area contributed by atoms with Crippen LogP contribution in [0, 0.1) is 17.7 Å². The maximum Gasteiger partial charge on any atom is 0.246 e. The van der Waals surface area contributed by atoms with Crippen LogP contribution in [0.2, 0.25) is 0 Å². The van der Waals surface area contributed by atoms with Crippen molar-refractivity contribution < 1.29 is 9.18 Å².